The number of ether oxygens (including phenoxy) is 1. The Labute approximate surface area is 137 Å². The van der Waals surface area contributed by atoms with Crippen LogP contribution in [0.25, 0.3) is 0 Å². The molecule has 124 valence electrons. The highest BCUT2D eigenvalue weighted by Gasteiger charge is 2.14. The van der Waals surface area contributed by atoms with Crippen LogP contribution in [-0.4, -0.2) is 40.6 Å². The zero-order chi connectivity index (χ0) is 16.9. The Morgan fingerprint density at radius 1 is 1.00 bits per heavy atom. The monoisotopic (exact) mass is 334 g/mol. The average molecular weight is 334 g/mol. The van der Waals surface area contributed by atoms with Crippen molar-refractivity contribution < 1.29 is 13.2 Å². The first-order chi connectivity index (χ1) is 10.9. The van der Waals surface area contributed by atoms with Crippen molar-refractivity contribution in [2.24, 2.45) is 0 Å². The zero-order valence-corrected chi connectivity index (χ0v) is 14.4. The van der Waals surface area contributed by atoms with Crippen LogP contribution < -0.4 is 9.46 Å². The summed E-state index contributed by atoms with van der Waals surface area (Å²) in [6.45, 7) is 3.31. The summed E-state index contributed by atoms with van der Waals surface area (Å²) in [4.78, 5) is 2.22. The first-order valence-electron chi connectivity index (χ1n) is 7.34. The number of hydrogen-bond donors (Lipinski definition) is 1. The van der Waals surface area contributed by atoms with Crippen molar-refractivity contribution in [3.8, 4) is 5.75 Å². The molecule has 2 aromatic rings. The van der Waals surface area contributed by atoms with E-state index in [1.165, 1.54) is 0 Å². The van der Waals surface area contributed by atoms with Crippen LogP contribution in [0.2, 0.25) is 0 Å². The third kappa shape index (κ3) is 5.26. The quantitative estimate of drug-likeness (QED) is 0.846. The lowest BCUT2D eigenvalue weighted by Gasteiger charge is -2.12. The molecule has 0 bridgehead atoms. The van der Waals surface area contributed by atoms with E-state index in [1.807, 2.05) is 38.1 Å². The van der Waals surface area contributed by atoms with E-state index in [4.69, 9.17) is 4.74 Å². The van der Waals surface area contributed by atoms with Crippen molar-refractivity contribution in [3.05, 3.63) is 54.1 Å². The molecule has 0 fully saturated rings. The minimum absolute atomic E-state index is 0.207. The third-order valence-electron chi connectivity index (χ3n) is 3.25. The van der Waals surface area contributed by atoms with Crippen LogP contribution in [0.5, 0.6) is 5.75 Å². The van der Waals surface area contributed by atoms with Crippen LogP contribution in [0.15, 0.2) is 53.4 Å². The van der Waals surface area contributed by atoms with Crippen LogP contribution in [-0.2, 0) is 10.0 Å². The van der Waals surface area contributed by atoms with E-state index in [0.717, 1.165) is 12.1 Å². The fourth-order valence-corrected chi connectivity index (χ4v) is 2.96. The number of sulfonamides is 1. The molecule has 0 aliphatic heterocycles. The van der Waals surface area contributed by atoms with Crippen molar-refractivity contribution >= 4 is 15.7 Å². The smallest absolute Gasteiger partial charge is 0.261 e. The molecule has 23 heavy (non-hydrogen) atoms. The summed E-state index contributed by atoms with van der Waals surface area (Å²) < 4.78 is 32.8. The van der Waals surface area contributed by atoms with Gasteiger partial charge in [-0.1, -0.05) is 17.7 Å². The maximum atomic E-state index is 12.3. The molecule has 6 heteroatoms. The molecular formula is C17H22N2O3S. The maximum Gasteiger partial charge on any atom is 0.261 e. The number of hydrogen-bond acceptors (Lipinski definition) is 4. The van der Waals surface area contributed by atoms with E-state index in [0.29, 0.717) is 18.0 Å². The molecular weight excluding hydrogens is 312 g/mol. The summed E-state index contributed by atoms with van der Waals surface area (Å²) in [5, 5.41) is 0. The van der Waals surface area contributed by atoms with Crippen molar-refractivity contribution in [3.63, 3.8) is 0 Å². The molecule has 0 unspecified atom stereocenters. The van der Waals surface area contributed by atoms with Gasteiger partial charge >= 0.3 is 0 Å². The Bertz CT molecular complexity index is 723. The van der Waals surface area contributed by atoms with Crippen molar-refractivity contribution in [1.82, 2.24) is 4.90 Å². The minimum atomic E-state index is -3.59. The predicted molar refractivity (Wildman–Crippen MR) is 92.5 cm³/mol. The Kier molecular flexibility index (Phi) is 5.63. The lowest BCUT2D eigenvalue weighted by atomic mass is 10.2. The highest BCUT2D eigenvalue weighted by atomic mass is 32.2. The number of anilines is 1. The molecule has 0 atom stereocenters. The molecule has 2 aromatic carbocycles. The SMILES string of the molecule is Cc1ccc(NS(=O)(=O)c2ccc(OCCN(C)C)cc2)cc1. The van der Waals surface area contributed by atoms with E-state index < -0.39 is 10.0 Å². The topological polar surface area (TPSA) is 58.6 Å². The molecule has 1 N–H and O–H groups in total. The van der Waals surface area contributed by atoms with Gasteiger partial charge in [0.15, 0.2) is 0 Å². The fourth-order valence-electron chi connectivity index (χ4n) is 1.90. The fraction of sp³-hybridized carbons (Fsp3) is 0.294. The Morgan fingerprint density at radius 2 is 1.61 bits per heavy atom. The second-order valence-corrected chi connectivity index (χ2v) is 7.28. The zero-order valence-electron chi connectivity index (χ0n) is 13.6. The van der Waals surface area contributed by atoms with Gasteiger partial charge in [-0.15, -0.1) is 0 Å². The van der Waals surface area contributed by atoms with Gasteiger partial charge in [0, 0.05) is 12.2 Å². The third-order valence-corrected chi connectivity index (χ3v) is 4.64. The molecule has 0 aliphatic rings. The predicted octanol–water partition coefficient (Wildman–Crippen LogP) is 2.74. The van der Waals surface area contributed by atoms with Gasteiger partial charge in [-0.05, 0) is 57.4 Å². The van der Waals surface area contributed by atoms with Crippen LogP contribution in [0.1, 0.15) is 5.56 Å². The number of likely N-dealkylation sites (N-methyl/N-ethyl adjacent to an activating group) is 1. The first kappa shape index (κ1) is 17.3. The molecule has 0 radical (unpaired) electrons. The highest BCUT2D eigenvalue weighted by Crippen LogP contribution is 2.19. The van der Waals surface area contributed by atoms with Crippen LogP contribution in [0.3, 0.4) is 0 Å². The summed E-state index contributed by atoms with van der Waals surface area (Å²) in [6.07, 6.45) is 0. The van der Waals surface area contributed by atoms with Crippen LogP contribution in [0.4, 0.5) is 5.69 Å². The van der Waals surface area contributed by atoms with Gasteiger partial charge in [0.2, 0.25) is 0 Å². The van der Waals surface area contributed by atoms with Gasteiger partial charge in [0.1, 0.15) is 12.4 Å². The summed E-state index contributed by atoms with van der Waals surface area (Å²) in [7, 11) is 0.345. The van der Waals surface area contributed by atoms with E-state index in [-0.39, 0.29) is 4.90 Å². The standard InChI is InChI=1S/C17H22N2O3S/c1-14-4-6-15(7-5-14)18-23(20,21)17-10-8-16(9-11-17)22-13-12-19(2)3/h4-11,18H,12-13H2,1-3H3. The molecule has 0 amide bonds. The van der Waals surface area contributed by atoms with Gasteiger partial charge in [-0.2, -0.15) is 0 Å². The molecule has 5 nitrogen and oxygen atoms in total. The summed E-state index contributed by atoms with van der Waals surface area (Å²) in [5.74, 6) is 0.654. The van der Waals surface area contributed by atoms with E-state index >= 15 is 0 Å². The maximum absolute atomic E-state index is 12.3. The van der Waals surface area contributed by atoms with Crippen molar-refractivity contribution in [2.45, 2.75) is 11.8 Å². The molecule has 0 saturated carbocycles. The number of nitrogens with zero attached hydrogens (tertiary/aromatic N) is 1. The van der Waals surface area contributed by atoms with Gasteiger partial charge in [0.05, 0.1) is 4.90 Å². The largest absolute Gasteiger partial charge is 0.492 e. The lowest BCUT2D eigenvalue weighted by Crippen LogP contribution is -2.19. The number of aryl methyl sites for hydroxylation is 1. The molecule has 2 rings (SSSR count). The molecule has 0 heterocycles. The summed E-state index contributed by atoms with van der Waals surface area (Å²) in [6, 6.07) is 13.6. The lowest BCUT2D eigenvalue weighted by molar-refractivity contribution is 0.261. The summed E-state index contributed by atoms with van der Waals surface area (Å²) >= 11 is 0. The second kappa shape index (κ2) is 7.48. The number of rotatable bonds is 7. The number of nitrogens with one attached hydrogen (secondary N) is 1. The Balaban J connectivity index is 2.03. The first-order valence-corrected chi connectivity index (χ1v) is 8.82. The second-order valence-electron chi connectivity index (χ2n) is 5.59. The van der Waals surface area contributed by atoms with Gasteiger partial charge in [-0.3, -0.25) is 4.72 Å². The van der Waals surface area contributed by atoms with Crippen molar-refractivity contribution in [2.75, 3.05) is 32.0 Å². The minimum Gasteiger partial charge on any atom is -0.492 e. The van der Waals surface area contributed by atoms with E-state index in [2.05, 4.69) is 4.72 Å². The van der Waals surface area contributed by atoms with E-state index in [1.54, 1.807) is 36.4 Å². The highest BCUT2D eigenvalue weighted by molar-refractivity contribution is 7.92. The number of benzene rings is 2. The molecule has 0 saturated heterocycles. The van der Waals surface area contributed by atoms with Crippen molar-refractivity contribution in [1.29, 1.82) is 0 Å². The Hall–Kier alpha value is -2.05. The van der Waals surface area contributed by atoms with Crippen LogP contribution in [0, 0.1) is 6.92 Å². The van der Waals surface area contributed by atoms with Gasteiger partial charge in [-0.25, -0.2) is 8.42 Å². The van der Waals surface area contributed by atoms with Gasteiger partial charge in [0.25, 0.3) is 10.0 Å². The van der Waals surface area contributed by atoms with Gasteiger partial charge < -0.3 is 9.64 Å². The van der Waals surface area contributed by atoms with E-state index in [9.17, 15) is 8.42 Å². The Morgan fingerprint density at radius 3 is 2.17 bits per heavy atom. The summed E-state index contributed by atoms with van der Waals surface area (Å²) in [5.41, 5.74) is 1.62. The van der Waals surface area contributed by atoms with Crippen LogP contribution >= 0.6 is 0 Å². The normalized spacial score (nSPS) is 11.5. The molecule has 0 spiro atoms. The molecule has 0 aliphatic carbocycles. The molecule has 0 aromatic heterocycles. The average Bonchev–Trinajstić information content (AvgIpc) is 2.50.